The van der Waals surface area contributed by atoms with Gasteiger partial charge < -0.3 is 24.5 Å². The zero-order valence-electron chi connectivity index (χ0n) is 14.8. The first-order chi connectivity index (χ1) is 13.4. The number of amides is 4. The van der Waals surface area contributed by atoms with Crippen LogP contribution in [0.3, 0.4) is 0 Å². The Morgan fingerprint density at radius 1 is 1.29 bits per heavy atom. The number of carbonyl (C=O) groups excluding carboxylic acids is 3. The first kappa shape index (κ1) is 18.2. The third-order valence-electron chi connectivity index (χ3n) is 4.50. The molecule has 0 saturated carbocycles. The van der Waals surface area contributed by atoms with Crippen molar-refractivity contribution in [1.82, 2.24) is 10.2 Å². The van der Waals surface area contributed by atoms with Crippen molar-refractivity contribution in [2.45, 2.75) is 12.5 Å². The number of benzene rings is 1. The maximum Gasteiger partial charge on any atom is 0.325 e. The quantitative estimate of drug-likeness (QED) is 0.754. The molecule has 3 heterocycles. The van der Waals surface area contributed by atoms with Gasteiger partial charge in [-0.2, -0.15) is 0 Å². The largest absolute Gasteiger partial charge is 0.486 e. The SMILES string of the molecule is CC1(c2ccco2)NC(=O)N(CC(=O)Nc2cc3c(cc2Cl)OCCO3)C1=O. The molecule has 1 unspecified atom stereocenters. The van der Waals surface area contributed by atoms with E-state index in [9.17, 15) is 14.4 Å². The van der Waals surface area contributed by atoms with E-state index in [1.54, 1.807) is 12.1 Å². The second kappa shape index (κ2) is 6.75. The highest BCUT2D eigenvalue weighted by Gasteiger charge is 2.51. The number of halogens is 1. The number of nitrogens with zero attached hydrogens (tertiary/aromatic N) is 1. The molecule has 1 aromatic heterocycles. The van der Waals surface area contributed by atoms with Crippen molar-refractivity contribution in [2.24, 2.45) is 0 Å². The summed E-state index contributed by atoms with van der Waals surface area (Å²) in [6.45, 7) is 1.83. The Kier molecular flexibility index (Phi) is 4.38. The fraction of sp³-hybridized carbons (Fsp3) is 0.278. The molecular formula is C18H16ClN3O6. The van der Waals surface area contributed by atoms with Crippen LogP contribution in [0.4, 0.5) is 10.5 Å². The molecule has 0 bridgehead atoms. The first-order valence-electron chi connectivity index (χ1n) is 8.45. The van der Waals surface area contributed by atoms with Gasteiger partial charge in [0, 0.05) is 12.1 Å². The summed E-state index contributed by atoms with van der Waals surface area (Å²) in [5, 5.41) is 5.39. The molecule has 28 heavy (non-hydrogen) atoms. The molecule has 9 nitrogen and oxygen atoms in total. The molecule has 1 saturated heterocycles. The molecule has 0 spiro atoms. The number of imide groups is 1. The number of hydrogen-bond acceptors (Lipinski definition) is 6. The van der Waals surface area contributed by atoms with Gasteiger partial charge in [-0.1, -0.05) is 11.6 Å². The van der Waals surface area contributed by atoms with Gasteiger partial charge in [-0.15, -0.1) is 0 Å². The maximum atomic E-state index is 12.7. The van der Waals surface area contributed by atoms with Crippen molar-refractivity contribution in [2.75, 3.05) is 25.1 Å². The molecule has 1 aromatic carbocycles. The molecular weight excluding hydrogens is 390 g/mol. The summed E-state index contributed by atoms with van der Waals surface area (Å²) in [7, 11) is 0. The summed E-state index contributed by atoms with van der Waals surface area (Å²) in [5.41, 5.74) is -1.08. The van der Waals surface area contributed by atoms with Gasteiger partial charge in [0.2, 0.25) is 5.91 Å². The summed E-state index contributed by atoms with van der Waals surface area (Å²) in [6.07, 6.45) is 1.40. The summed E-state index contributed by atoms with van der Waals surface area (Å²) < 4.78 is 16.1. The molecule has 4 amide bonds. The topological polar surface area (TPSA) is 110 Å². The molecule has 2 aliphatic heterocycles. The lowest BCUT2D eigenvalue weighted by atomic mass is 9.99. The van der Waals surface area contributed by atoms with Crippen LogP contribution < -0.4 is 20.1 Å². The highest BCUT2D eigenvalue weighted by Crippen LogP contribution is 2.38. The highest BCUT2D eigenvalue weighted by atomic mass is 35.5. The molecule has 0 aliphatic carbocycles. The fourth-order valence-electron chi connectivity index (χ4n) is 3.06. The van der Waals surface area contributed by atoms with Crippen LogP contribution in [0.2, 0.25) is 5.02 Å². The second-order valence-electron chi connectivity index (χ2n) is 6.45. The van der Waals surface area contributed by atoms with Crippen LogP contribution in [-0.4, -0.2) is 42.5 Å². The molecule has 1 fully saturated rings. The van der Waals surface area contributed by atoms with Crippen LogP contribution in [0.5, 0.6) is 11.5 Å². The van der Waals surface area contributed by atoms with Gasteiger partial charge >= 0.3 is 6.03 Å². The van der Waals surface area contributed by atoms with Gasteiger partial charge in [0.25, 0.3) is 5.91 Å². The smallest absolute Gasteiger partial charge is 0.325 e. The standard InChI is InChI=1S/C18H16ClN3O6/c1-18(14-3-2-4-28-14)16(24)22(17(25)21-18)9-15(23)20-11-8-13-12(7-10(11)19)26-5-6-27-13/h2-4,7-8H,5-6,9H2,1H3,(H,20,23)(H,21,25). The average Bonchev–Trinajstić information content (AvgIpc) is 3.27. The van der Waals surface area contributed by atoms with E-state index in [-0.39, 0.29) is 16.5 Å². The minimum absolute atomic E-state index is 0.246. The zero-order valence-corrected chi connectivity index (χ0v) is 15.5. The van der Waals surface area contributed by atoms with Crippen LogP contribution in [0, 0.1) is 0 Å². The van der Waals surface area contributed by atoms with Gasteiger partial charge in [0.05, 0.1) is 17.0 Å². The van der Waals surface area contributed by atoms with Crippen molar-refractivity contribution < 1.29 is 28.3 Å². The van der Waals surface area contributed by atoms with Crippen molar-refractivity contribution in [3.63, 3.8) is 0 Å². The number of rotatable bonds is 4. The normalized spacial score (nSPS) is 20.9. The Bertz CT molecular complexity index is 960. The number of furan rings is 1. The third-order valence-corrected chi connectivity index (χ3v) is 4.81. The van der Waals surface area contributed by atoms with Crippen LogP contribution in [0.1, 0.15) is 12.7 Å². The number of urea groups is 1. The minimum atomic E-state index is -1.37. The summed E-state index contributed by atoms with van der Waals surface area (Å²) in [6, 6.07) is 5.57. The lowest BCUT2D eigenvalue weighted by Crippen LogP contribution is -2.41. The predicted molar refractivity (Wildman–Crippen MR) is 97.4 cm³/mol. The Labute approximate surface area is 164 Å². The number of carbonyl (C=O) groups is 3. The van der Waals surface area contributed by atoms with E-state index in [1.165, 1.54) is 25.3 Å². The van der Waals surface area contributed by atoms with Crippen LogP contribution in [0.15, 0.2) is 34.9 Å². The molecule has 2 aromatic rings. The number of hydrogen-bond donors (Lipinski definition) is 2. The number of nitrogens with one attached hydrogen (secondary N) is 2. The van der Waals surface area contributed by atoms with Crippen molar-refractivity contribution in [3.8, 4) is 11.5 Å². The van der Waals surface area contributed by atoms with Crippen LogP contribution in [0.25, 0.3) is 0 Å². The monoisotopic (exact) mass is 405 g/mol. The zero-order chi connectivity index (χ0) is 19.9. The number of anilines is 1. The second-order valence-corrected chi connectivity index (χ2v) is 6.85. The third kappa shape index (κ3) is 3.03. The van der Waals surface area contributed by atoms with E-state index in [4.69, 9.17) is 25.5 Å². The molecule has 2 N–H and O–H groups in total. The minimum Gasteiger partial charge on any atom is -0.486 e. The molecule has 0 radical (unpaired) electrons. The van der Waals surface area contributed by atoms with Gasteiger partial charge in [-0.25, -0.2) is 4.79 Å². The van der Waals surface area contributed by atoms with Gasteiger partial charge in [-0.05, 0) is 19.1 Å². The molecule has 2 aliphatic rings. The fourth-order valence-corrected chi connectivity index (χ4v) is 3.26. The van der Waals surface area contributed by atoms with E-state index in [0.717, 1.165) is 4.90 Å². The lowest BCUT2D eigenvalue weighted by Gasteiger charge is -2.20. The summed E-state index contributed by atoms with van der Waals surface area (Å²) in [4.78, 5) is 38.2. The van der Waals surface area contributed by atoms with E-state index in [0.29, 0.717) is 24.7 Å². The molecule has 1 atom stereocenters. The summed E-state index contributed by atoms with van der Waals surface area (Å²) in [5.74, 6) is 0.0363. The Hall–Kier alpha value is -3.20. The van der Waals surface area contributed by atoms with Crippen molar-refractivity contribution in [3.05, 3.63) is 41.3 Å². The maximum absolute atomic E-state index is 12.7. The Balaban J connectivity index is 1.48. The summed E-state index contributed by atoms with van der Waals surface area (Å²) >= 11 is 6.17. The van der Waals surface area contributed by atoms with Gasteiger partial charge in [-0.3, -0.25) is 14.5 Å². The highest BCUT2D eigenvalue weighted by molar-refractivity contribution is 6.34. The number of ether oxygens (including phenoxy) is 2. The van der Waals surface area contributed by atoms with Crippen molar-refractivity contribution in [1.29, 1.82) is 0 Å². The van der Waals surface area contributed by atoms with E-state index >= 15 is 0 Å². The lowest BCUT2D eigenvalue weighted by molar-refractivity contribution is -0.134. The Morgan fingerprint density at radius 2 is 2.00 bits per heavy atom. The molecule has 146 valence electrons. The van der Waals surface area contributed by atoms with E-state index in [1.807, 2.05) is 0 Å². The predicted octanol–water partition coefficient (Wildman–Crippen LogP) is 2.11. The molecule has 10 heteroatoms. The van der Waals surface area contributed by atoms with Crippen LogP contribution in [-0.2, 0) is 15.1 Å². The van der Waals surface area contributed by atoms with Gasteiger partial charge in [0.15, 0.2) is 17.0 Å². The van der Waals surface area contributed by atoms with E-state index in [2.05, 4.69) is 10.6 Å². The molecule has 4 rings (SSSR count). The Morgan fingerprint density at radius 3 is 2.68 bits per heavy atom. The first-order valence-corrected chi connectivity index (χ1v) is 8.83. The van der Waals surface area contributed by atoms with E-state index < -0.39 is 29.9 Å². The number of fused-ring (bicyclic) bond motifs is 1. The average molecular weight is 406 g/mol. The van der Waals surface area contributed by atoms with Gasteiger partial charge in [0.1, 0.15) is 25.5 Å². The van der Waals surface area contributed by atoms with Crippen LogP contribution >= 0.6 is 11.6 Å². The van der Waals surface area contributed by atoms with Crippen molar-refractivity contribution >= 4 is 35.1 Å².